The molecule has 0 aromatic rings. The van der Waals surface area contributed by atoms with E-state index < -0.39 is 19.2 Å². The van der Waals surface area contributed by atoms with Gasteiger partial charge in [-0.1, -0.05) is 0 Å². The fraction of sp³-hybridized carbons (Fsp3) is 0.882. The second kappa shape index (κ2) is 9.78. The topological polar surface area (TPSA) is 52.6 Å². The number of hydrogen-bond donors (Lipinski definition) is 0. The summed E-state index contributed by atoms with van der Waals surface area (Å²) in [6.45, 7) is 8.03. The van der Waals surface area contributed by atoms with Crippen LogP contribution in [-0.2, 0) is 15.7 Å². The van der Waals surface area contributed by atoms with Crippen molar-refractivity contribution in [1.29, 1.82) is 0 Å². The quantitative estimate of drug-likeness (QED) is 0.541. The van der Waals surface area contributed by atoms with Gasteiger partial charge in [-0.3, -0.25) is 0 Å². The van der Waals surface area contributed by atoms with Gasteiger partial charge < -0.3 is 0 Å². The average Bonchev–Trinajstić information content (AvgIpc) is 2.50. The molecule has 0 unspecified atom stereocenters. The molecular weight excluding hydrogens is 387 g/mol. The first-order chi connectivity index (χ1) is 10.5. The van der Waals surface area contributed by atoms with Gasteiger partial charge in [0.2, 0.25) is 0 Å². The zero-order chi connectivity index (χ0) is 16.6. The molecule has 0 aromatic heterocycles. The first kappa shape index (κ1) is 19.8. The summed E-state index contributed by atoms with van der Waals surface area (Å²) in [6.07, 6.45) is 6.37. The van der Waals surface area contributed by atoms with Crippen LogP contribution in [0.4, 0.5) is 0 Å². The molecule has 0 bridgehead atoms. The average molecular weight is 419 g/mol. The van der Waals surface area contributed by atoms with E-state index in [1.54, 1.807) is 0 Å². The number of rotatable bonds is 8. The van der Waals surface area contributed by atoms with Gasteiger partial charge in [0, 0.05) is 0 Å². The summed E-state index contributed by atoms with van der Waals surface area (Å²) in [4.78, 5) is 24.8. The van der Waals surface area contributed by atoms with Gasteiger partial charge in [0.1, 0.15) is 0 Å². The monoisotopic (exact) mass is 420 g/mol. The molecule has 1 saturated heterocycles. The number of carbonyl (C=O) groups is 2. The Balaban J connectivity index is 2.81. The first-order valence-corrected chi connectivity index (χ1v) is 15.3. The maximum absolute atomic E-state index is 12.4. The summed E-state index contributed by atoms with van der Waals surface area (Å²) in [5, 5.41) is 0. The molecule has 0 amide bonds. The second-order valence-electron chi connectivity index (χ2n) is 6.34. The van der Waals surface area contributed by atoms with Crippen molar-refractivity contribution in [3.63, 3.8) is 0 Å². The van der Waals surface area contributed by atoms with Gasteiger partial charge in [0.15, 0.2) is 0 Å². The van der Waals surface area contributed by atoms with Crippen molar-refractivity contribution in [2.24, 2.45) is 11.8 Å². The molecule has 4 nitrogen and oxygen atoms in total. The van der Waals surface area contributed by atoms with Gasteiger partial charge in [-0.25, -0.2) is 0 Å². The fourth-order valence-corrected chi connectivity index (χ4v) is 12.6. The van der Waals surface area contributed by atoms with Gasteiger partial charge in [0.05, 0.1) is 0 Å². The Morgan fingerprint density at radius 1 is 0.773 bits per heavy atom. The van der Waals surface area contributed by atoms with Gasteiger partial charge in [0.25, 0.3) is 0 Å². The van der Waals surface area contributed by atoms with E-state index >= 15 is 0 Å². The van der Waals surface area contributed by atoms with E-state index in [4.69, 9.17) is 6.15 Å². The molecule has 1 aliphatic heterocycles. The molecule has 1 heterocycles. The fourth-order valence-electron chi connectivity index (χ4n) is 3.09. The molecular formula is C17H32O4Sn. The van der Waals surface area contributed by atoms with Crippen molar-refractivity contribution < 1.29 is 15.7 Å². The van der Waals surface area contributed by atoms with Crippen LogP contribution in [0.1, 0.15) is 72.6 Å². The van der Waals surface area contributed by atoms with Crippen LogP contribution < -0.4 is 0 Å². The molecule has 1 aliphatic rings. The molecule has 0 saturated carbocycles. The summed E-state index contributed by atoms with van der Waals surface area (Å²) < 4.78 is 13.6. The Morgan fingerprint density at radius 2 is 1.14 bits per heavy atom. The minimum atomic E-state index is -3.56. The van der Waals surface area contributed by atoms with Crippen molar-refractivity contribution in [2.75, 3.05) is 0 Å². The Kier molecular flexibility index (Phi) is 8.80. The number of carbonyl (C=O) groups excluding carboxylic acids is 2. The Morgan fingerprint density at radius 3 is 1.45 bits per heavy atom. The van der Waals surface area contributed by atoms with E-state index in [1.165, 1.54) is 0 Å². The Labute approximate surface area is 140 Å². The molecule has 0 aromatic carbocycles. The Hall–Kier alpha value is -0.261. The summed E-state index contributed by atoms with van der Waals surface area (Å²) in [5.41, 5.74) is 0. The van der Waals surface area contributed by atoms with E-state index in [-0.39, 0.29) is 23.8 Å². The van der Waals surface area contributed by atoms with Gasteiger partial charge in [-0.15, -0.1) is 0 Å². The van der Waals surface area contributed by atoms with E-state index in [9.17, 15) is 9.59 Å². The number of hydrogen-bond acceptors (Lipinski definition) is 4. The van der Waals surface area contributed by atoms with E-state index in [0.29, 0.717) is 0 Å². The normalized spacial score (nSPS) is 17.5. The van der Waals surface area contributed by atoms with Crippen molar-refractivity contribution in [3.05, 3.63) is 0 Å². The van der Waals surface area contributed by atoms with Crippen molar-refractivity contribution >= 4 is 31.1 Å². The van der Waals surface area contributed by atoms with Crippen LogP contribution in [0.2, 0.25) is 8.87 Å². The van der Waals surface area contributed by atoms with E-state index in [2.05, 4.69) is 0 Å². The summed E-state index contributed by atoms with van der Waals surface area (Å²) in [5.74, 6) is -0.357. The van der Waals surface area contributed by atoms with E-state index in [0.717, 1.165) is 53.8 Å². The first-order valence-electron chi connectivity index (χ1n) is 8.97. The minimum absolute atomic E-state index is 0.0534. The molecule has 0 aliphatic carbocycles. The van der Waals surface area contributed by atoms with Crippen LogP contribution >= 0.6 is 0 Å². The van der Waals surface area contributed by atoms with Gasteiger partial charge in [-0.2, -0.15) is 0 Å². The predicted molar refractivity (Wildman–Crippen MR) is 89.5 cm³/mol. The van der Waals surface area contributed by atoms with Crippen molar-refractivity contribution in [2.45, 2.75) is 81.5 Å². The molecule has 22 heavy (non-hydrogen) atoms. The van der Waals surface area contributed by atoms with Gasteiger partial charge in [-0.05, 0) is 0 Å². The molecule has 0 radical (unpaired) electrons. The second-order valence-corrected chi connectivity index (χ2v) is 15.6. The van der Waals surface area contributed by atoms with Crippen LogP contribution in [0.15, 0.2) is 0 Å². The molecule has 0 spiro atoms. The van der Waals surface area contributed by atoms with Crippen LogP contribution in [-0.4, -0.2) is 31.1 Å². The Bertz CT molecular complexity index is 328. The summed E-state index contributed by atoms with van der Waals surface area (Å²) in [6, 6.07) is 0. The van der Waals surface area contributed by atoms with Crippen molar-refractivity contribution in [1.82, 2.24) is 0 Å². The van der Waals surface area contributed by atoms with Crippen LogP contribution in [0.3, 0.4) is 0 Å². The molecule has 1 fully saturated rings. The molecule has 128 valence electrons. The molecule has 5 heteroatoms. The summed E-state index contributed by atoms with van der Waals surface area (Å²) >= 11 is -3.56. The SMILES string of the molecule is CCC(CC)C(=O)[O][Sn]1([O]C(=O)C(CC)CC)[CH2]CCC[CH2]1. The maximum atomic E-state index is 12.4. The standard InChI is InChI=1S/2C6H12O2.C5H10.Sn/c2*1-3-5(4-2)6(7)8;1-3-5-4-2;/h2*5H,3-4H2,1-2H3,(H,7,8);1-5H2;/q;;;+2/p-2. The van der Waals surface area contributed by atoms with Crippen LogP contribution in [0.25, 0.3) is 0 Å². The summed E-state index contributed by atoms with van der Waals surface area (Å²) in [7, 11) is 0. The van der Waals surface area contributed by atoms with Crippen LogP contribution in [0.5, 0.6) is 0 Å². The van der Waals surface area contributed by atoms with Gasteiger partial charge >= 0.3 is 140 Å². The van der Waals surface area contributed by atoms with Crippen molar-refractivity contribution in [3.8, 4) is 0 Å². The zero-order valence-electron chi connectivity index (χ0n) is 14.7. The third-order valence-corrected chi connectivity index (χ3v) is 14.5. The third kappa shape index (κ3) is 5.43. The molecule has 0 atom stereocenters. The molecule has 0 N–H and O–H groups in total. The van der Waals surface area contributed by atoms with Crippen LogP contribution in [0, 0.1) is 11.8 Å². The zero-order valence-corrected chi connectivity index (χ0v) is 17.5. The predicted octanol–water partition coefficient (Wildman–Crippen LogP) is 4.57. The van der Waals surface area contributed by atoms with E-state index in [1.807, 2.05) is 27.7 Å². The third-order valence-electron chi connectivity index (χ3n) is 4.83. The molecule has 1 rings (SSSR count).